The SMILES string of the molecule is C[N+](C)(C)Cc1ccc(N)cc1[N+](=O)[O-].[Br-]. The number of nitro groups is 1. The Morgan fingerprint density at radius 3 is 2.38 bits per heavy atom. The molecule has 16 heavy (non-hydrogen) atoms. The predicted octanol–water partition coefficient (Wildman–Crippen LogP) is -1.61. The van der Waals surface area contributed by atoms with Crippen LogP contribution in [0.2, 0.25) is 0 Å². The minimum atomic E-state index is -0.388. The van der Waals surface area contributed by atoms with Crippen molar-refractivity contribution in [2.24, 2.45) is 0 Å². The predicted molar refractivity (Wildman–Crippen MR) is 59.2 cm³/mol. The van der Waals surface area contributed by atoms with Gasteiger partial charge in [-0.3, -0.25) is 10.1 Å². The Morgan fingerprint density at radius 2 is 1.94 bits per heavy atom. The highest BCUT2D eigenvalue weighted by Crippen LogP contribution is 2.23. The van der Waals surface area contributed by atoms with Crippen molar-refractivity contribution in [2.45, 2.75) is 6.54 Å². The highest BCUT2D eigenvalue weighted by Gasteiger charge is 2.19. The van der Waals surface area contributed by atoms with Crippen molar-refractivity contribution in [3.63, 3.8) is 0 Å². The lowest BCUT2D eigenvalue weighted by molar-refractivity contribution is -0.884. The summed E-state index contributed by atoms with van der Waals surface area (Å²) in [6.07, 6.45) is 0. The number of nitro benzene ring substituents is 1. The van der Waals surface area contributed by atoms with E-state index in [0.717, 1.165) is 0 Å². The number of rotatable bonds is 3. The minimum absolute atomic E-state index is 0. The quantitative estimate of drug-likeness (QED) is 0.315. The Labute approximate surface area is 105 Å². The molecule has 0 aliphatic heterocycles. The molecule has 0 bridgehead atoms. The monoisotopic (exact) mass is 289 g/mol. The number of hydrogen-bond donors (Lipinski definition) is 1. The van der Waals surface area contributed by atoms with Gasteiger partial charge in [-0.15, -0.1) is 0 Å². The lowest BCUT2D eigenvalue weighted by Gasteiger charge is -2.23. The summed E-state index contributed by atoms with van der Waals surface area (Å²) in [5, 5.41) is 10.8. The molecule has 1 aromatic rings. The summed E-state index contributed by atoms with van der Waals surface area (Å²) in [6, 6.07) is 4.82. The van der Waals surface area contributed by atoms with Crippen molar-refractivity contribution in [3.8, 4) is 0 Å². The molecule has 1 aromatic carbocycles. The van der Waals surface area contributed by atoms with Gasteiger partial charge in [-0.25, -0.2) is 0 Å². The first kappa shape index (κ1) is 14.9. The maximum Gasteiger partial charge on any atom is 0.280 e. The van der Waals surface area contributed by atoms with E-state index in [2.05, 4.69) is 0 Å². The van der Waals surface area contributed by atoms with E-state index >= 15 is 0 Å². The summed E-state index contributed by atoms with van der Waals surface area (Å²) in [6.45, 7) is 0.608. The second-order valence-corrected chi connectivity index (χ2v) is 4.59. The molecule has 0 spiro atoms. The molecule has 0 atom stereocenters. The molecule has 6 heteroatoms. The van der Waals surface area contributed by atoms with Crippen molar-refractivity contribution in [1.29, 1.82) is 0 Å². The van der Waals surface area contributed by atoms with E-state index in [1.165, 1.54) is 6.07 Å². The molecule has 0 saturated carbocycles. The molecule has 0 heterocycles. The maximum absolute atomic E-state index is 10.8. The Balaban J connectivity index is 0.00000225. The number of quaternary nitrogens is 1. The van der Waals surface area contributed by atoms with Crippen LogP contribution in [-0.2, 0) is 6.54 Å². The molecule has 0 fully saturated rings. The summed E-state index contributed by atoms with van der Waals surface area (Å²) >= 11 is 0. The van der Waals surface area contributed by atoms with Crippen LogP contribution in [-0.4, -0.2) is 30.5 Å². The first-order valence-electron chi connectivity index (χ1n) is 4.63. The highest BCUT2D eigenvalue weighted by molar-refractivity contribution is 5.52. The molecule has 2 N–H and O–H groups in total. The van der Waals surface area contributed by atoms with Gasteiger partial charge in [0.05, 0.1) is 31.6 Å². The Bertz CT molecular complexity index is 388. The topological polar surface area (TPSA) is 69.2 Å². The first-order valence-corrected chi connectivity index (χ1v) is 4.63. The zero-order valence-electron chi connectivity index (χ0n) is 9.61. The van der Waals surface area contributed by atoms with Gasteiger partial charge in [-0.2, -0.15) is 0 Å². The van der Waals surface area contributed by atoms with E-state index in [0.29, 0.717) is 22.3 Å². The number of nitrogens with two attached hydrogens (primary N) is 1. The molecular weight excluding hydrogens is 274 g/mol. The molecular formula is C10H16BrN3O2. The molecule has 5 nitrogen and oxygen atoms in total. The molecule has 0 aliphatic rings. The fourth-order valence-corrected chi connectivity index (χ4v) is 1.40. The van der Waals surface area contributed by atoms with Crippen LogP contribution < -0.4 is 22.7 Å². The number of halogens is 1. The lowest BCUT2D eigenvalue weighted by atomic mass is 10.1. The third-order valence-electron chi connectivity index (χ3n) is 1.95. The van der Waals surface area contributed by atoms with Gasteiger partial charge in [-0.1, -0.05) is 0 Å². The summed E-state index contributed by atoms with van der Waals surface area (Å²) in [5.41, 5.74) is 6.75. The van der Waals surface area contributed by atoms with Crippen LogP contribution in [0.5, 0.6) is 0 Å². The van der Waals surface area contributed by atoms with Crippen LogP contribution in [0.4, 0.5) is 11.4 Å². The second-order valence-electron chi connectivity index (χ2n) is 4.59. The Hall–Kier alpha value is -1.14. The van der Waals surface area contributed by atoms with Crippen LogP contribution in [0.15, 0.2) is 18.2 Å². The summed E-state index contributed by atoms with van der Waals surface area (Å²) < 4.78 is 0.644. The number of hydrogen-bond acceptors (Lipinski definition) is 3. The molecule has 0 unspecified atom stereocenters. The smallest absolute Gasteiger partial charge is 0.280 e. The summed E-state index contributed by atoms with van der Waals surface area (Å²) in [4.78, 5) is 10.4. The fourth-order valence-electron chi connectivity index (χ4n) is 1.40. The number of anilines is 1. The molecule has 0 aliphatic carbocycles. The number of nitrogens with zero attached hydrogens (tertiary/aromatic N) is 2. The molecule has 0 radical (unpaired) electrons. The summed E-state index contributed by atoms with van der Waals surface area (Å²) in [7, 11) is 5.96. The Kier molecular flexibility index (Phi) is 4.89. The van der Waals surface area contributed by atoms with E-state index in [9.17, 15) is 10.1 Å². The van der Waals surface area contributed by atoms with Gasteiger partial charge in [0.25, 0.3) is 5.69 Å². The van der Waals surface area contributed by atoms with Crippen molar-refractivity contribution in [3.05, 3.63) is 33.9 Å². The van der Waals surface area contributed by atoms with Crippen LogP contribution in [0.3, 0.4) is 0 Å². The lowest BCUT2D eigenvalue weighted by Crippen LogP contribution is -3.00. The van der Waals surface area contributed by atoms with Gasteiger partial charge in [0.2, 0.25) is 0 Å². The van der Waals surface area contributed by atoms with Crippen molar-refractivity contribution in [2.75, 3.05) is 26.9 Å². The number of nitrogen functional groups attached to an aromatic ring is 1. The van der Waals surface area contributed by atoms with Crippen LogP contribution >= 0.6 is 0 Å². The average molecular weight is 290 g/mol. The van der Waals surface area contributed by atoms with Crippen LogP contribution in [0.25, 0.3) is 0 Å². The van der Waals surface area contributed by atoms with E-state index < -0.39 is 0 Å². The van der Waals surface area contributed by atoms with Crippen molar-refractivity contribution >= 4 is 11.4 Å². The molecule has 1 rings (SSSR count). The zero-order chi connectivity index (χ0) is 11.6. The van der Waals surface area contributed by atoms with Crippen molar-refractivity contribution in [1.82, 2.24) is 0 Å². The van der Waals surface area contributed by atoms with Gasteiger partial charge in [0.15, 0.2) is 0 Å². The summed E-state index contributed by atoms with van der Waals surface area (Å²) in [5.74, 6) is 0. The first-order chi connectivity index (χ1) is 6.79. The molecule has 0 amide bonds. The van der Waals surface area contributed by atoms with E-state index in [1.807, 2.05) is 21.1 Å². The standard InChI is InChI=1S/C10H16N3O2.BrH/c1-13(2,3)7-8-4-5-9(11)6-10(8)12(14)15;/h4-6H,7,11H2,1-3H3;1H/q+1;/p-1. The van der Waals surface area contributed by atoms with Gasteiger partial charge in [0, 0.05) is 11.8 Å². The normalized spacial score (nSPS) is 10.7. The van der Waals surface area contributed by atoms with E-state index in [-0.39, 0.29) is 27.6 Å². The fraction of sp³-hybridized carbons (Fsp3) is 0.400. The van der Waals surface area contributed by atoms with Gasteiger partial charge < -0.3 is 27.2 Å². The minimum Gasteiger partial charge on any atom is -1.00 e. The average Bonchev–Trinajstić information content (AvgIpc) is 2.05. The Morgan fingerprint density at radius 1 is 1.38 bits per heavy atom. The van der Waals surface area contributed by atoms with Gasteiger partial charge in [-0.05, 0) is 12.1 Å². The third-order valence-corrected chi connectivity index (χ3v) is 1.95. The van der Waals surface area contributed by atoms with Crippen molar-refractivity contribution < 1.29 is 26.4 Å². The highest BCUT2D eigenvalue weighted by atomic mass is 79.9. The van der Waals surface area contributed by atoms with Crippen LogP contribution in [0.1, 0.15) is 5.56 Å². The molecule has 90 valence electrons. The molecule has 0 saturated heterocycles. The van der Waals surface area contributed by atoms with Gasteiger partial charge >= 0.3 is 0 Å². The van der Waals surface area contributed by atoms with E-state index in [4.69, 9.17) is 5.73 Å². The second kappa shape index (κ2) is 5.27. The number of benzene rings is 1. The largest absolute Gasteiger partial charge is 1.00 e. The van der Waals surface area contributed by atoms with Gasteiger partial charge in [0.1, 0.15) is 6.54 Å². The van der Waals surface area contributed by atoms with Crippen LogP contribution in [0, 0.1) is 10.1 Å². The zero-order valence-corrected chi connectivity index (χ0v) is 11.2. The maximum atomic E-state index is 10.8. The molecule has 0 aromatic heterocycles. The van der Waals surface area contributed by atoms with E-state index in [1.54, 1.807) is 12.1 Å². The third kappa shape index (κ3) is 4.16.